The summed E-state index contributed by atoms with van der Waals surface area (Å²) < 4.78 is 0. The van der Waals surface area contributed by atoms with Gasteiger partial charge in [0.15, 0.2) is 0 Å². The van der Waals surface area contributed by atoms with Crippen LogP contribution in [-0.2, 0) is 6.42 Å². The van der Waals surface area contributed by atoms with Gasteiger partial charge in [0.2, 0.25) is 0 Å². The van der Waals surface area contributed by atoms with Crippen molar-refractivity contribution in [2.24, 2.45) is 0 Å². The third kappa shape index (κ3) is 3.09. The number of fused-ring (bicyclic) bond motifs is 1. The average Bonchev–Trinajstić information content (AvgIpc) is 2.56. The van der Waals surface area contributed by atoms with Gasteiger partial charge in [0.1, 0.15) is 5.75 Å². The molecule has 0 saturated heterocycles. The second kappa shape index (κ2) is 6.31. The highest BCUT2D eigenvalue weighted by atomic mass is 16.3. The molecule has 0 saturated carbocycles. The highest BCUT2D eigenvalue weighted by molar-refractivity contribution is 5.94. The number of aromatic hydroxyl groups is 1. The average molecular weight is 291 g/mol. The Balaban J connectivity index is 1.69. The predicted octanol–water partition coefficient (Wildman–Crippen LogP) is 3.52. The van der Waals surface area contributed by atoms with Crippen LogP contribution in [0, 0.1) is 0 Å². The van der Waals surface area contributed by atoms with Crippen molar-refractivity contribution in [1.82, 2.24) is 5.32 Å². The van der Waals surface area contributed by atoms with Crippen LogP contribution in [0.4, 0.5) is 0 Å². The van der Waals surface area contributed by atoms with Crippen molar-refractivity contribution < 1.29 is 9.90 Å². The Kier molecular flexibility index (Phi) is 4.05. The minimum Gasteiger partial charge on any atom is -0.508 e. The molecule has 3 nitrogen and oxygen atoms in total. The van der Waals surface area contributed by atoms with Gasteiger partial charge >= 0.3 is 0 Å². The number of rotatable bonds is 4. The predicted molar refractivity (Wildman–Crippen MR) is 88.1 cm³/mol. The van der Waals surface area contributed by atoms with E-state index in [0.717, 1.165) is 22.8 Å². The van der Waals surface area contributed by atoms with Gasteiger partial charge < -0.3 is 10.4 Å². The second-order valence-electron chi connectivity index (χ2n) is 5.19. The lowest BCUT2D eigenvalue weighted by Crippen LogP contribution is -2.25. The molecule has 0 heterocycles. The summed E-state index contributed by atoms with van der Waals surface area (Å²) in [7, 11) is 0. The molecule has 3 aromatic carbocycles. The van der Waals surface area contributed by atoms with Crippen molar-refractivity contribution in [3.05, 3.63) is 77.9 Å². The quantitative estimate of drug-likeness (QED) is 0.772. The molecule has 0 aliphatic rings. The van der Waals surface area contributed by atoms with Crippen molar-refractivity contribution in [1.29, 1.82) is 0 Å². The van der Waals surface area contributed by atoms with Crippen LogP contribution in [0.2, 0.25) is 0 Å². The molecule has 0 bridgehead atoms. The van der Waals surface area contributed by atoms with E-state index in [0.29, 0.717) is 12.1 Å². The Bertz CT molecular complexity index is 797. The Labute approximate surface area is 129 Å². The van der Waals surface area contributed by atoms with Gasteiger partial charge in [-0.1, -0.05) is 42.5 Å². The van der Waals surface area contributed by atoms with E-state index < -0.39 is 0 Å². The number of nitrogens with one attached hydrogen (secondary N) is 1. The molecule has 1 amide bonds. The first-order chi connectivity index (χ1) is 10.7. The number of carbonyl (C=O) groups excluding carboxylic acids is 1. The molecule has 0 fully saturated rings. The zero-order valence-electron chi connectivity index (χ0n) is 12.1. The third-order valence-electron chi connectivity index (χ3n) is 3.67. The van der Waals surface area contributed by atoms with Crippen LogP contribution in [0.15, 0.2) is 66.7 Å². The summed E-state index contributed by atoms with van der Waals surface area (Å²) in [4.78, 5) is 12.0. The lowest BCUT2D eigenvalue weighted by Gasteiger charge is -2.08. The summed E-state index contributed by atoms with van der Waals surface area (Å²) in [6, 6.07) is 20.6. The van der Waals surface area contributed by atoms with E-state index in [2.05, 4.69) is 5.32 Å². The van der Waals surface area contributed by atoms with Crippen molar-refractivity contribution in [3.63, 3.8) is 0 Å². The highest BCUT2D eigenvalue weighted by Crippen LogP contribution is 2.23. The second-order valence-corrected chi connectivity index (χ2v) is 5.19. The number of hydrogen-bond donors (Lipinski definition) is 2. The van der Waals surface area contributed by atoms with Crippen molar-refractivity contribution in [2.75, 3.05) is 6.54 Å². The van der Waals surface area contributed by atoms with E-state index in [1.54, 1.807) is 24.3 Å². The van der Waals surface area contributed by atoms with E-state index >= 15 is 0 Å². The first kappa shape index (κ1) is 14.1. The minimum atomic E-state index is -0.0660. The monoisotopic (exact) mass is 291 g/mol. The number of benzene rings is 3. The molecule has 3 aromatic rings. The molecule has 110 valence electrons. The minimum absolute atomic E-state index is 0.0660. The molecule has 0 atom stereocenters. The fraction of sp³-hybridized carbons (Fsp3) is 0.105. The van der Waals surface area contributed by atoms with E-state index in [1.807, 2.05) is 42.5 Å². The molecule has 0 aliphatic carbocycles. The number of carbonyl (C=O) groups is 1. The number of hydrogen-bond acceptors (Lipinski definition) is 2. The zero-order chi connectivity index (χ0) is 15.4. The number of phenolic OH excluding ortho intramolecular Hbond substituents is 1. The third-order valence-corrected chi connectivity index (χ3v) is 3.67. The number of phenols is 1. The first-order valence-electron chi connectivity index (χ1n) is 7.28. The van der Waals surface area contributed by atoms with Crippen LogP contribution in [0.1, 0.15) is 15.9 Å². The highest BCUT2D eigenvalue weighted by Gasteiger charge is 2.05. The molecule has 0 aliphatic heterocycles. The maximum Gasteiger partial charge on any atom is 0.251 e. The summed E-state index contributed by atoms with van der Waals surface area (Å²) in [5, 5.41) is 14.7. The SMILES string of the molecule is O=C(NCCc1cccc2ccc(O)cc12)c1ccccc1. The molecule has 0 spiro atoms. The molecule has 0 unspecified atom stereocenters. The van der Waals surface area contributed by atoms with Gasteiger partial charge in [0, 0.05) is 12.1 Å². The Hall–Kier alpha value is -2.81. The largest absolute Gasteiger partial charge is 0.508 e. The lowest BCUT2D eigenvalue weighted by atomic mass is 10.0. The molecule has 3 rings (SSSR count). The van der Waals surface area contributed by atoms with Crippen LogP contribution in [0.25, 0.3) is 10.8 Å². The van der Waals surface area contributed by atoms with E-state index in [1.165, 1.54) is 0 Å². The topological polar surface area (TPSA) is 49.3 Å². The van der Waals surface area contributed by atoms with Crippen molar-refractivity contribution >= 4 is 16.7 Å². The van der Waals surface area contributed by atoms with Gasteiger partial charge in [0.25, 0.3) is 5.91 Å². The van der Waals surface area contributed by atoms with Crippen LogP contribution in [0.5, 0.6) is 5.75 Å². The molecule has 2 N–H and O–H groups in total. The molecular formula is C19H17NO2. The van der Waals surface area contributed by atoms with E-state index in [9.17, 15) is 9.90 Å². The van der Waals surface area contributed by atoms with Crippen molar-refractivity contribution in [2.45, 2.75) is 6.42 Å². The van der Waals surface area contributed by atoms with Gasteiger partial charge in [0.05, 0.1) is 0 Å². The number of amides is 1. The fourth-order valence-electron chi connectivity index (χ4n) is 2.55. The summed E-state index contributed by atoms with van der Waals surface area (Å²) >= 11 is 0. The Morgan fingerprint density at radius 2 is 1.77 bits per heavy atom. The normalized spacial score (nSPS) is 10.5. The smallest absolute Gasteiger partial charge is 0.251 e. The van der Waals surface area contributed by atoms with E-state index in [4.69, 9.17) is 0 Å². The lowest BCUT2D eigenvalue weighted by molar-refractivity contribution is 0.0954. The summed E-state index contributed by atoms with van der Waals surface area (Å²) in [5.74, 6) is 0.192. The molecule has 0 aromatic heterocycles. The maximum atomic E-state index is 12.0. The summed E-state index contributed by atoms with van der Waals surface area (Å²) in [5.41, 5.74) is 1.78. The van der Waals surface area contributed by atoms with Crippen LogP contribution >= 0.6 is 0 Å². The van der Waals surface area contributed by atoms with Gasteiger partial charge in [-0.3, -0.25) is 4.79 Å². The van der Waals surface area contributed by atoms with Crippen LogP contribution < -0.4 is 5.32 Å². The van der Waals surface area contributed by atoms with Crippen LogP contribution in [0.3, 0.4) is 0 Å². The molecular weight excluding hydrogens is 274 g/mol. The molecule has 22 heavy (non-hydrogen) atoms. The molecule has 0 radical (unpaired) electrons. The zero-order valence-corrected chi connectivity index (χ0v) is 12.1. The summed E-state index contributed by atoms with van der Waals surface area (Å²) in [6.45, 7) is 0.558. The van der Waals surface area contributed by atoms with Gasteiger partial charge in [-0.2, -0.15) is 0 Å². The summed E-state index contributed by atoms with van der Waals surface area (Å²) in [6.07, 6.45) is 0.722. The van der Waals surface area contributed by atoms with Gasteiger partial charge in [-0.05, 0) is 47.0 Å². The van der Waals surface area contributed by atoms with Gasteiger partial charge in [-0.25, -0.2) is 0 Å². The van der Waals surface area contributed by atoms with Crippen molar-refractivity contribution in [3.8, 4) is 5.75 Å². The Morgan fingerprint density at radius 3 is 2.59 bits per heavy atom. The Morgan fingerprint density at radius 1 is 0.955 bits per heavy atom. The van der Waals surface area contributed by atoms with Gasteiger partial charge in [-0.15, -0.1) is 0 Å². The first-order valence-corrected chi connectivity index (χ1v) is 7.28. The van der Waals surface area contributed by atoms with Crippen LogP contribution in [-0.4, -0.2) is 17.6 Å². The van der Waals surface area contributed by atoms with E-state index in [-0.39, 0.29) is 11.7 Å². The molecule has 3 heteroatoms. The maximum absolute atomic E-state index is 12.0. The standard InChI is InChI=1S/C19H17NO2/c21-17-10-9-14-7-4-8-15(18(14)13-17)11-12-20-19(22)16-5-2-1-3-6-16/h1-10,13,21H,11-12H2,(H,20,22). The fourth-order valence-corrected chi connectivity index (χ4v) is 2.55.